The molecule has 1 aromatic heterocycles. The average molecular weight is 189 g/mol. The summed E-state index contributed by atoms with van der Waals surface area (Å²) in [6, 6.07) is 9.21. The molecule has 1 aliphatic heterocycles. The Bertz CT molecular complexity index is 413. The van der Waals surface area contributed by atoms with E-state index in [1.165, 1.54) is 0 Å². The first kappa shape index (κ1) is 7.44. The molecular formula is C10H7NO3. The Kier molecular flexibility index (Phi) is 1.47. The fourth-order valence-corrected chi connectivity index (χ4v) is 1.36. The molecule has 1 aliphatic rings. The number of nitrogens with zero attached hydrogens (tertiary/aromatic N) is 1. The number of aromatic nitrogens is 1. The molecule has 0 fully saturated rings. The van der Waals surface area contributed by atoms with Crippen LogP contribution in [0.1, 0.15) is 12.1 Å². The van der Waals surface area contributed by atoms with E-state index in [2.05, 4.69) is 5.16 Å². The number of hydrogen-bond acceptors (Lipinski definition) is 4. The van der Waals surface area contributed by atoms with Gasteiger partial charge in [-0.1, -0.05) is 17.3 Å². The van der Waals surface area contributed by atoms with Crippen LogP contribution < -0.4 is 9.47 Å². The molecule has 3 rings (SSSR count). The van der Waals surface area contributed by atoms with Gasteiger partial charge >= 0.3 is 6.29 Å². The highest BCUT2D eigenvalue weighted by atomic mass is 16.7. The van der Waals surface area contributed by atoms with Crippen LogP contribution in [-0.2, 0) is 0 Å². The summed E-state index contributed by atoms with van der Waals surface area (Å²) < 4.78 is 15.9. The summed E-state index contributed by atoms with van der Waals surface area (Å²) in [7, 11) is 0. The van der Waals surface area contributed by atoms with Crippen molar-refractivity contribution >= 4 is 0 Å². The van der Waals surface area contributed by atoms with Crippen molar-refractivity contribution in [1.29, 1.82) is 0 Å². The summed E-state index contributed by atoms with van der Waals surface area (Å²) in [5.74, 6) is 2.03. The van der Waals surface area contributed by atoms with Gasteiger partial charge in [0.15, 0.2) is 11.5 Å². The summed E-state index contributed by atoms with van der Waals surface area (Å²) in [4.78, 5) is 0. The van der Waals surface area contributed by atoms with Crippen LogP contribution in [0.5, 0.6) is 11.5 Å². The Morgan fingerprint density at radius 2 is 1.71 bits per heavy atom. The first-order chi connectivity index (χ1) is 6.93. The first-order valence-corrected chi connectivity index (χ1v) is 4.26. The van der Waals surface area contributed by atoms with Gasteiger partial charge < -0.3 is 14.0 Å². The summed E-state index contributed by atoms with van der Waals surface area (Å²) in [6.45, 7) is 0. The van der Waals surface area contributed by atoms with E-state index in [0.29, 0.717) is 5.76 Å². The standard InChI is InChI=1S/C10H7NO3/c1-2-4-8-7(3-1)12-10(13-8)9-5-6-11-14-9/h1-6,10H. The van der Waals surface area contributed by atoms with Crippen molar-refractivity contribution in [1.82, 2.24) is 5.16 Å². The van der Waals surface area contributed by atoms with Crippen LogP contribution in [0.2, 0.25) is 0 Å². The Labute approximate surface area is 80.0 Å². The number of hydrogen-bond donors (Lipinski definition) is 0. The zero-order chi connectivity index (χ0) is 9.38. The molecule has 2 heterocycles. The molecular weight excluding hydrogens is 182 g/mol. The van der Waals surface area contributed by atoms with Gasteiger partial charge in [0.1, 0.15) is 0 Å². The summed E-state index contributed by atoms with van der Waals surface area (Å²) >= 11 is 0. The summed E-state index contributed by atoms with van der Waals surface area (Å²) in [5.41, 5.74) is 0. The third-order valence-corrected chi connectivity index (χ3v) is 2.01. The molecule has 0 atom stereocenters. The van der Waals surface area contributed by atoms with E-state index in [1.54, 1.807) is 12.3 Å². The molecule has 1 aromatic carbocycles. The van der Waals surface area contributed by atoms with Gasteiger partial charge in [-0.25, -0.2) is 0 Å². The average Bonchev–Trinajstić information content (AvgIpc) is 2.86. The second kappa shape index (κ2) is 2.77. The number of benzene rings is 1. The highest BCUT2D eigenvalue weighted by Gasteiger charge is 2.27. The highest BCUT2D eigenvalue weighted by Crippen LogP contribution is 2.39. The third-order valence-electron chi connectivity index (χ3n) is 2.01. The molecule has 0 radical (unpaired) electrons. The molecule has 0 unspecified atom stereocenters. The lowest BCUT2D eigenvalue weighted by molar-refractivity contribution is 0.0235. The molecule has 0 N–H and O–H groups in total. The maximum Gasteiger partial charge on any atom is 0.303 e. The van der Waals surface area contributed by atoms with Gasteiger partial charge in [0, 0.05) is 6.07 Å². The highest BCUT2D eigenvalue weighted by molar-refractivity contribution is 5.42. The van der Waals surface area contributed by atoms with Gasteiger partial charge in [0.25, 0.3) is 0 Å². The van der Waals surface area contributed by atoms with Crippen LogP contribution in [0.4, 0.5) is 0 Å². The van der Waals surface area contributed by atoms with Crippen molar-refractivity contribution in [3.05, 3.63) is 42.3 Å². The Morgan fingerprint density at radius 1 is 1.00 bits per heavy atom. The molecule has 4 heteroatoms. The van der Waals surface area contributed by atoms with Gasteiger partial charge in [-0.3, -0.25) is 0 Å². The molecule has 0 aliphatic carbocycles. The van der Waals surface area contributed by atoms with E-state index in [-0.39, 0.29) is 0 Å². The Hall–Kier alpha value is -1.97. The van der Waals surface area contributed by atoms with Gasteiger partial charge in [-0.15, -0.1) is 0 Å². The van der Waals surface area contributed by atoms with E-state index >= 15 is 0 Å². The lowest BCUT2D eigenvalue weighted by Crippen LogP contribution is -2.06. The van der Waals surface area contributed by atoms with Gasteiger partial charge in [-0.2, -0.15) is 0 Å². The van der Waals surface area contributed by atoms with Crippen molar-refractivity contribution in [3.63, 3.8) is 0 Å². The van der Waals surface area contributed by atoms with Crippen LogP contribution in [0, 0.1) is 0 Å². The molecule has 2 aromatic rings. The van der Waals surface area contributed by atoms with Crippen LogP contribution in [-0.4, -0.2) is 5.16 Å². The Balaban J connectivity index is 1.92. The maximum atomic E-state index is 5.50. The minimum atomic E-state index is -0.505. The Morgan fingerprint density at radius 3 is 2.29 bits per heavy atom. The summed E-state index contributed by atoms with van der Waals surface area (Å²) in [5, 5.41) is 3.59. The predicted molar refractivity (Wildman–Crippen MR) is 46.9 cm³/mol. The van der Waals surface area contributed by atoms with Gasteiger partial charge in [-0.05, 0) is 12.1 Å². The summed E-state index contributed by atoms with van der Waals surface area (Å²) in [6.07, 6.45) is 1.06. The third kappa shape index (κ3) is 1.04. The van der Waals surface area contributed by atoms with Crippen molar-refractivity contribution in [2.75, 3.05) is 0 Å². The molecule has 4 nitrogen and oxygen atoms in total. The van der Waals surface area contributed by atoms with E-state index in [4.69, 9.17) is 14.0 Å². The van der Waals surface area contributed by atoms with Crippen molar-refractivity contribution in [2.45, 2.75) is 6.29 Å². The van der Waals surface area contributed by atoms with Crippen LogP contribution in [0.3, 0.4) is 0 Å². The zero-order valence-electron chi connectivity index (χ0n) is 7.21. The van der Waals surface area contributed by atoms with Crippen molar-refractivity contribution < 1.29 is 14.0 Å². The SMILES string of the molecule is c1ccc2c(c1)OC(c1ccno1)O2. The van der Waals surface area contributed by atoms with E-state index in [0.717, 1.165) is 11.5 Å². The van der Waals surface area contributed by atoms with E-state index in [9.17, 15) is 0 Å². The minimum Gasteiger partial charge on any atom is -0.444 e. The van der Waals surface area contributed by atoms with E-state index < -0.39 is 6.29 Å². The molecule has 0 amide bonds. The molecule has 0 spiro atoms. The zero-order valence-corrected chi connectivity index (χ0v) is 7.21. The lowest BCUT2D eigenvalue weighted by atomic mass is 10.3. The smallest absolute Gasteiger partial charge is 0.303 e. The minimum absolute atomic E-state index is 0.505. The fraction of sp³-hybridized carbons (Fsp3) is 0.100. The fourth-order valence-electron chi connectivity index (χ4n) is 1.36. The molecule has 0 bridgehead atoms. The maximum absolute atomic E-state index is 5.50. The largest absolute Gasteiger partial charge is 0.444 e. The van der Waals surface area contributed by atoms with E-state index in [1.807, 2.05) is 24.3 Å². The molecule has 14 heavy (non-hydrogen) atoms. The lowest BCUT2D eigenvalue weighted by Gasteiger charge is -2.04. The van der Waals surface area contributed by atoms with Crippen molar-refractivity contribution in [3.8, 4) is 11.5 Å². The molecule has 70 valence electrons. The number of fused-ring (bicyclic) bond motifs is 1. The molecule has 0 saturated carbocycles. The van der Waals surface area contributed by atoms with Gasteiger partial charge in [0.2, 0.25) is 5.76 Å². The van der Waals surface area contributed by atoms with Crippen LogP contribution in [0.25, 0.3) is 0 Å². The van der Waals surface area contributed by atoms with Crippen molar-refractivity contribution in [2.24, 2.45) is 0 Å². The molecule has 0 saturated heterocycles. The number of rotatable bonds is 1. The topological polar surface area (TPSA) is 44.5 Å². The van der Waals surface area contributed by atoms with Crippen LogP contribution in [0.15, 0.2) is 41.1 Å². The predicted octanol–water partition coefficient (Wildman–Crippen LogP) is 2.14. The monoisotopic (exact) mass is 189 g/mol. The quantitative estimate of drug-likeness (QED) is 0.689. The first-order valence-electron chi connectivity index (χ1n) is 4.26. The van der Waals surface area contributed by atoms with Gasteiger partial charge in [0.05, 0.1) is 6.20 Å². The second-order valence-electron chi connectivity index (χ2n) is 2.93. The number of para-hydroxylation sites is 2. The van der Waals surface area contributed by atoms with Crippen LogP contribution >= 0.6 is 0 Å². The normalized spacial score (nSPS) is 14.6. The number of ether oxygens (including phenoxy) is 2. The second-order valence-corrected chi connectivity index (χ2v) is 2.93.